The summed E-state index contributed by atoms with van der Waals surface area (Å²) in [6.45, 7) is 1.44. The number of nitrogens with zero attached hydrogens (tertiary/aromatic N) is 3. The van der Waals surface area contributed by atoms with Gasteiger partial charge in [-0.25, -0.2) is 4.98 Å². The Bertz CT molecular complexity index is 1110. The van der Waals surface area contributed by atoms with Crippen molar-refractivity contribution in [3.63, 3.8) is 0 Å². The molecule has 1 heterocycles. The molecule has 1 amide bonds. The molecule has 3 aromatic rings. The van der Waals surface area contributed by atoms with Gasteiger partial charge in [0, 0.05) is 47.6 Å². The molecule has 0 aliphatic carbocycles. The number of nitro benzene ring substituents is 1. The van der Waals surface area contributed by atoms with Crippen molar-refractivity contribution in [2.45, 2.75) is 6.92 Å². The van der Waals surface area contributed by atoms with E-state index in [1.807, 2.05) is 0 Å². The Labute approximate surface area is 170 Å². The van der Waals surface area contributed by atoms with E-state index in [0.717, 1.165) is 11.3 Å². The molecule has 2 N–H and O–H groups in total. The summed E-state index contributed by atoms with van der Waals surface area (Å²) in [7, 11) is 0. The minimum atomic E-state index is -0.457. The number of carbonyl (C=O) groups excluding carboxylic acids is 1. The number of nitriles is 1. The van der Waals surface area contributed by atoms with E-state index in [2.05, 4.69) is 21.7 Å². The van der Waals surface area contributed by atoms with Crippen molar-refractivity contribution < 1.29 is 9.72 Å². The topological polar surface area (TPSA) is 121 Å². The van der Waals surface area contributed by atoms with Crippen LogP contribution in [-0.4, -0.2) is 15.8 Å². The first kappa shape index (κ1) is 19.7. The van der Waals surface area contributed by atoms with Crippen LogP contribution < -0.4 is 10.6 Å². The van der Waals surface area contributed by atoms with Gasteiger partial charge in [-0.3, -0.25) is 14.9 Å². The van der Waals surface area contributed by atoms with E-state index >= 15 is 0 Å². The molecule has 3 rings (SSSR count). The predicted molar refractivity (Wildman–Crippen MR) is 112 cm³/mol. The van der Waals surface area contributed by atoms with Gasteiger partial charge in [-0.2, -0.15) is 5.26 Å². The molecule has 0 fully saturated rings. The van der Waals surface area contributed by atoms with Gasteiger partial charge in [0.15, 0.2) is 0 Å². The maximum absolute atomic E-state index is 11.1. The second-order valence-electron chi connectivity index (χ2n) is 5.91. The number of hydrogen-bond donors (Lipinski definition) is 2. The molecule has 8 nitrogen and oxygen atoms in total. The molecule has 0 spiro atoms. The first-order chi connectivity index (χ1) is 14.0. The quantitative estimate of drug-likeness (QED) is 0.350. The van der Waals surface area contributed by atoms with Crippen molar-refractivity contribution >= 4 is 39.9 Å². The third-order valence-electron chi connectivity index (χ3n) is 3.82. The summed E-state index contributed by atoms with van der Waals surface area (Å²) in [6, 6.07) is 15.3. The van der Waals surface area contributed by atoms with Crippen LogP contribution in [0.3, 0.4) is 0 Å². The number of aromatic nitrogens is 1. The number of allylic oxidation sites excluding steroid dienone is 1. The van der Waals surface area contributed by atoms with Crippen molar-refractivity contribution in [3.05, 3.63) is 75.2 Å². The average Bonchev–Trinajstić information content (AvgIpc) is 3.19. The molecule has 0 aliphatic heterocycles. The number of amides is 1. The van der Waals surface area contributed by atoms with Gasteiger partial charge in [0.25, 0.3) is 5.69 Å². The maximum Gasteiger partial charge on any atom is 0.269 e. The van der Waals surface area contributed by atoms with Gasteiger partial charge in [0.2, 0.25) is 5.91 Å². The van der Waals surface area contributed by atoms with Crippen LogP contribution in [0.4, 0.5) is 17.1 Å². The highest BCUT2D eigenvalue weighted by Crippen LogP contribution is 2.27. The highest BCUT2D eigenvalue weighted by Gasteiger charge is 2.11. The second kappa shape index (κ2) is 8.77. The fraction of sp³-hybridized carbons (Fsp3) is 0.0500. The van der Waals surface area contributed by atoms with Crippen molar-refractivity contribution in [2.75, 3.05) is 10.6 Å². The molecular weight excluding hydrogens is 390 g/mol. The largest absolute Gasteiger partial charge is 0.360 e. The van der Waals surface area contributed by atoms with Gasteiger partial charge >= 0.3 is 0 Å². The van der Waals surface area contributed by atoms with E-state index in [0.29, 0.717) is 22.0 Å². The summed E-state index contributed by atoms with van der Waals surface area (Å²) in [6.07, 6.45) is 1.56. The van der Waals surface area contributed by atoms with Gasteiger partial charge in [-0.1, -0.05) is 0 Å². The number of carbonyl (C=O) groups is 1. The fourth-order valence-electron chi connectivity index (χ4n) is 2.43. The van der Waals surface area contributed by atoms with Crippen LogP contribution in [0.2, 0.25) is 0 Å². The number of thiazole rings is 1. The zero-order chi connectivity index (χ0) is 20.8. The first-order valence-corrected chi connectivity index (χ1v) is 9.29. The van der Waals surface area contributed by atoms with Crippen LogP contribution in [0, 0.1) is 21.4 Å². The van der Waals surface area contributed by atoms with Crippen LogP contribution in [-0.2, 0) is 4.79 Å². The molecular formula is C20H15N5O3S. The molecule has 0 radical (unpaired) electrons. The Morgan fingerprint density at radius 3 is 2.41 bits per heavy atom. The zero-order valence-corrected chi connectivity index (χ0v) is 16.1. The number of hydrogen-bond acceptors (Lipinski definition) is 7. The molecule has 0 bridgehead atoms. The molecule has 0 aliphatic rings. The van der Waals surface area contributed by atoms with Crippen LogP contribution >= 0.6 is 11.3 Å². The Morgan fingerprint density at radius 1 is 1.17 bits per heavy atom. The molecule has 0 saturated carbocycles. The van der Waals surface area contributed by atoms with Crippen LogP contribution in [0.1, 0.15) is 11.9 Å². The Kier molecular flexibility index (Phi) is 5.97. The number of rotatable bonds is 6. The van der Waals surface area contributed by atoms with E-state index in [4.69, 9.17) is 0 Å². The summed E-state index contributed by atoms with van der Waals surface area (Å²) in [5.74, 6) is -0.148. The first-order valence-electron chi connectivity index (χ1n) is 8.41. The summed E-state index contributed by atoms with van der Waals surface area (Å²) in [5.41, 5.74) is 3.17. The SMILES string of the molecule is CC(=O)Nc1ccc(NC=C(C#N)c2nc(-c3ccc([N+](=O)[O-])cc3)cs2)cc1. The lowest BCUT2D eigenvalue weighted by atomic mass is 10.1. The Morgan fingerprint density at radius 2 is 1.83 bits per heavy atom. The van der Waals surface area contributed by atoms with E-state index < -0.39 is 4.92 Å². The lowest BCUT2D eigenvalue weighted by Crippen LogP contribution is -2.05. The standard InChI is InChI=1S/C20H15N5O3S/c1-13(26)23-17-6-4-16(5-7-17)22-11-15(10-21)20-24-19(12-29-20)14-2-8-18(9-3-14)25(27)28/h2-9,11-12,22H,1H3,(H,23,26). The minimum Gasteiger partial charge on any atom is -0.360 e. The number of nitro groups is 1. The smallest absolute Gasteiger partial charge is 0.269 e. The zero-order valence-electron chi connectivity index (χ0n) is 15.2. The summed E-state index contributed by atoms with van der Waals surface area (Å²) in [4.78, 5) is 25.8. The maximum atomic E-state index is 11.1. The molecule has 0 saturated heterocycles. The lowest BCUT2D eigenvalue weighted by molar-refractivity contribution is -0.384. The van der Waals surface area contributed by atoms with Crippen LogP contribution in [0.5, 0.6) is 0 Å². The number of anilines is 2. The highest BCUT2D eigenvalue weighted by atomic mass is 32.1. The van der Waals surface area contributed by atoms with E-state index in [1.165, 1.54) is 30.4 Å². The van der Waals surface area contributed by atoms with Crippen molar-refractivity contribution in [1.29, 1.82) is 5.26 Å². The molecule has 0 atom stereocenters. The minimum absolute atomic E-state index is 0.00975. The van der Waals surface area contributed by atoms with Crippen LogP contribution in [0.25, 0.3) is 16.8 Å². The van der Waals surface area contributed by atoms with Gasteiger partial charge in [-0.05, 0) is 36.4 Å². The van der Waals surface area contributed by atoms with Gasteiger partial charge in [0.05, 0.1) is 10.6 Å². The third-order valence-corrected chi connectivity index (χ3v) is 4.69. The number of non-ortho nitro benzene ring substituents is 1. The Hall–Kier alpha value is -4.03. The van der Waals surface area contributed by atoms with Crippen molar-refractivity contribution in [1.82, 2.24) is 4.98 Å². The van der Waals surface area contributed by atoms with E-state index in [9.17, 15) is 20.2 Å². The third kappa shape index (κ3) is 5.03. The Balaban J connectivity index is 1.74. The van der Waals surface area contributed by atoms with E-state index in [-0.39, 0.29) is 11.6 Å². The molecule has 2 aromatic carbocycles. The summed E-state index contributed by atoms with van der Waals surface area (Å²) < 4.78 is 0. The van der Waals surface area contributed by atoms with Gasteiger partial charge in [0.1, 0.15) is 16.6 Å². The number of benzene rings is 2. The monoisotopic (exact) mass is 405 g/mol. The molecule has 9 heteroatoms. The molecule has 29 heavy (non-hydrogen) atoms. The molecule has 144 valence electrons. The summed E-state index contributed by atoms with van der Waals surface area (Å²) in [5, 5.41) is 28.3. The average molecular weight is 405 g/mol. The van der Waals surface area contributed by atoms with Gasteiger partial charge < -0.3 is 10.6 Å². The van der Waals surface area contributed by atoms with Crippen molar-refractivity contribution in [3.8, 4) is 17.3 Å². The fourth-order valence-corrected chi connectivity index (χ4v) is 3.23. The van der Waals surface area contributed by atoms with E-state index in [1.54, 1.807) is 48.0 Å². The predicted octanol–water partition coefficient (Wildman–Crippen LogP) is 4.65. The van der Waals surface area contributed by atoms with Crippen LogP contribution in [0.15, 0.2) is 60.1 Å². The normalized spacial score (nSPS) is 10.8. The second-order valence-corrected chi connectivity index (χ2v) is 6.77. The number of nitrogens with one attached hydrogen (secondary N) is 2. The molecule has 0 unspecified atom stereocenters. The summed E-state index contributed by atoms with van der Waals surface area (Å²) >= 11 is 1.31. The molecule has 1 aromatic heterocycles. The lowest BCUT2D eigenvalue weighted by Gasteiger charge is -2.04. The highest BCUT2D eigenvalue weighted by molar-refractivity contribution is 7.11. The van der Waals surface area contributed by atoms with Gasteiger partial charge in [-0.15, -0.1) is 11.3 Å². The van der Waals surface area contributed by atoms with Crippen molar-refractivity contribution in [2.24, 2.45) is 0 Å².